The Morgan fingerprint density at radius 2 is 1.73 bits per heavy atom. The quantitative estimate of drug-likeness (QED) is 0.191. The number of ether oxygens (including phenoxy) is 1. The van der Waals surface area contributed by atoms with E-state index in [-0.39, 0.29) is 46.8 Å². The number of carbonyl (C=O) groups excluding carboxylic acids is 2. The van der Waals surface area contributed by atoms with Crippen LogP contribution in [0.25, 0.3) is 39.1 Å². The number of fused-ring (bicyclic) bond motifs is 2. The molecule has 0 radical (unpaired) electrons. The Hall–Kier alpha value is -4.47. The predicted molar refractivity (Wildman–Crippen MR) is 161 cm³/mol. The van der Waals surface area contributed by atoms with E-state index < -0.39 is 5.82 Å². The molecule has 0 spiro atoms. The summed E-state index contributed by atoms with van der Waals surface area (Å²) in [4.78, 5) is 34.8. The Morgan fingerprint density at radius 3 is 2.43 bits per heavy atom. The molecule has 0 amide bonds. The lowest BCUT2D eigenvalue weighted by molar-refractivity contribution is -0.146. The molecule has 2 saturated carbocycles. The summed E-state index contributed by atoms with van der Waals surface area (Å²) in [6, 6.07) is 8.41. The maximum Gasteiger partial charge on any atom is 0.308 e. The van der Waals surface area contributed by atoms with Gasteiger partial charge >= 0.3 is 5.97 Å². The monoisotopic (exact) mass is 597 g/mol. The molecule has 7 rings (SSSR count). The van der Waals surface area contributed by atoms with Crippen LogP contribution in [-0.2, 0) is 9.53 Å². The van der Waals surface area contributed by atoms with Crippen molar-refractivity contribution >= 4 is 28.4 Å². The molecular weight excluding hydrogens is 564 g/mol. The Bertz CT molecular complexity index is 1930. The van der Waals surface area contributed by atoms with Crippen LogP contribution in [0.5, 0.6) is 0 Å². The number of esters is 1. The van der Waals surface area contributed by atoms with Crippen molar-refractivity contribution in [1.82, 2.24) is 24.1 Å². The number of halogens is 2. The molecule has 0 saturated heterocycles. The van der Waals surface area contributed by atoms with E-state index in [0.717, 1.165) is 24.1 Å². The van der Waals surface area contributed by atoms with Crippen molar-refractivity contribution in [2.75, 3.05) is 7.11 Å². The van der Waals surface area contributed by atoms with Crippen LogP contribution in [0, 0.1) is 23.5 Å². The van der Waals surface area contributed by atoms with E-state index in [0.29, 0.717) is 59.4 Å². The van der Waals surface area contributed by atoms with Crippen LogP contribution in [0.15, 0.2) is 48.9 Å². The van der Waals surface area contributed by atoms with Crippen molar-refractivity contribution in [2.24, 2.45) is 11.8 Å². The Kier molecular flexibility index (Phi) is 7.02. The highest BCUT2D eigenvalue weighted by atomic mass is 19.1. The number of aromatic nitrogens is 5. The van der Waals surface area contributed by atoms with E-state index in [1.165, 1.54) is 24.1 Å². The normalized spacial score (nSPS) is 18.8. The van der Waals surface area contributed by atoms with Gasteiger partial charge in [-0.05, 0) is 80.3 Å². The second kappa shape index (κ2) is 10.9. The van der Waals surface area contributed by atoms with Gasteiger partial charge in [-0.1, -0.05) is 13.8 Å². The molecule has 0 N–H and O–H groups in total. The van der Waals surface area contributed by atoms with Gasteiger partial charge in [-0.3, -0.25) is 19.0 Å². The third kappa shape index (κ3) is 4.76. The second-order valence-electron chi connectivity index (χ2n) is 12.3. The van der Waals surface area contributed by atoms with Crippen molar-refractivity contribution < 1.29 is 23.1 Å². The summed E-state index contributed by atoms with van der Waals surface area (Å²) in [7, 11) is 1.38. The molecule has 2 aliphatic rings. The topological polar surface area (TPSA) is 91.4 Å². The van der Waals surface area contributed by atoms with Gasteiger partial charge in [-0.25, -0.2) is 13.8 Å². The van der Waals surface area contributed by atoms with Crippen LogP contribution in [0.2, 0.25) is 0 Å². The molecule has 2 aliphatic carbocycles. The summed E-state index contributed by atoms with van der Waals surface area (Å²) in [6.45, 7) is 3.89. The first-order valence-corrected chi connectivity index (χ1v) is 15.2. The van der Waals surface area contributed by atoms with Crippen molar-refractivity contribution in [1.29, 1.82) is 0 Å². The number of methoxy groups -OCH3 is 1. The number of hydrogen-bond donors (Lipinski definition) is 0. The van der Waals surface area contributed by atoms with Gasteiger partial charge in [0.05, 0.1) is 53.4 Å². The molecule has 44 heavy (non-hydrogen) atoms. The van der Waals surface area contributed by atoms with Crippen LogP contribution in [0.4, 0.5) is 8.78 Å². The van der Waals surface area contributed by atoms with Gasteiger partial charge in [0.1, 0.15) is 11.6 Å². The number of benzene rings is 2. The average molecular weight is 598 g/mol. The van der Waals surface area contributed by atoms with Crippen molar-refractivity contribution in [3.8, 4) is 22.5 Å². The summed E-state index contributed by atoms with van der Waals surface area (Å²) in [5.74, 6) is -1.42. The van der Waals surface area contributed by atoms with E-state index in [1.54, 1.807) is 24.4 Å². The van der Waals surface area contributed by atoms with E-state index >= 15 is 4.39 Å². The summed E-state index contributed by atoms with van der Waals surface area (Å²) in [5.41, 5.74) is 4.84. The van der Waals surface area contributed by atoms with E-state index in [9.17, 15) is 14.0 Å². The molecule has 3 heterocycles. The highest BCUT2D eigenvalue weighted by molar-refractivity contribution is 5.94. The van der Waals surface area contributed by atoms with Crippen molar-refractivity contribution in [3.63, 3.8) is 0 Å². The average Bonchev–Trinajstić information content (AvgIpc) is 3.68. The van der Waals surface area contributed by atoms with Crippen LogP contribution < -0.4 is 0 Å². The minimum atomic E-state index is -0.470. The standard InChI is InChI=1S/C34H33F2N5O3/c1-18(2)24-14-22(10-12-26(24)35)27-17-40-29(16-37-27)39-31(19-4-5-19)32(40)23-11-13-28-25(30(23)36)15-38-41(28)33(42)20-6-8-21(9-7-20)34(43)44-3/h10-21H,4-9H2,1-3H3. The smallest absolute Gasteiger partial charge is 0.308 e. The van der Waals surface area contributed by atoms with Gasteiger partial charge < -0.3 is 4.74 Å². The van der Waals surface area contributed by atoms with Crippen LogP contribution in [-0.4, -0.2) is 43.1 Å². The molecular formula is C34H33F2N5O3. The largest absolute Gasteiger partial charge is 0.469 e. The van der Waals surface area contributed by atoms with Gasteiger partial charge in [0.2, 0.25) is 0 Å². The van der Waals surface area contributed by atoms with Crippen LogP contribution >= 0.6 is 0 Å². The van der Waals surface area contributed by atoms with E-state index in [4.69, 9.17) is 9.72 Å². The Labute approximate surface area is 253 Å². The fourth-order valence-corrected chi connectivity index (χ4v) is 6.52. The zero-order chi connectivity index (χ0) is 30.7. The minimum absolute atomic E-state index is 0.00691. The summed E-state index contributed by atoms with van der Waals surface area (Å²) in [6.07, 6.45) is 9.12. The van der Waals surface area contributed by atoms with Crippen LogP contribution in [0.1, 0.15) is 80.3 Å². The summed E-state index contributed by atoms with van der Waals surface area (Å²) >= 11 is 0. The molecule has 0 bridgehead atoms. The van der Waals surface area contributed by atoms with E-state index in [2.05, 4.69) is 10.1 Å². The molecule has 0 atom stereocenters. The number of nitrogens with zero attached hydrogens (tertiary/aromatic N) is 5. The molecule has 0 unspecified atom stereocenters. The second-order valence-corrected chi connectivity index (χ2v) is 12.3. The van der Waals surface area contributed by atoms with Crippen LogP contribution in [0.3, 0.4) is 0 Å². The van der Waals surface area contributed by atoms with Gasteiger partial charge in [-0.2, -0.15) is 9.78 Å². The lowest BCUT2D eigenvalue weighted by Gasteiger charge is -2.25. The first kappa shape index (κ1) is 28.3. The highest BCUT2D eigenvalue weighted by Gasteiger charge is 2.34. The molecule has 2 aromatic carbocycles. The van der Waals surface area contributed by atoms with Gasteiger partial charge in [0.25, 0.3) is 5.91 Å². The third-order valence-electron chi connectivity index (χ3n) is 9.18. The zero-order valence-electron chi connectivity index (χ0n) is 24.9. The number of carbonyl (C=O) groups is 2. The molecule has 5 aromatic rings. The first-order chi connectivity index (χ1) is 21.2. The third-order valence-corrected chi connectivity index (χ3v) is 9.18. The summed E-state index contributed by atoms with van der Waals surface area (Å²) in [5, 5.41) is 4.57. The SMILES string of the molecule is COC(=O)C1CCC(C(=O)n2ncc3c(F)c(-c4c(C5CC5)nc5cnc(-c6ccc(F)c(C(C)C)c6)cn45)ccc32)CC1. The fourth-order valence-electron chi connectivity index (χ4n) is 6.52. The Balaban J connectivity index is 1.27. The van der Waals surface area contributed by atoms with Gasteiger partial charge in [-0.15, -0.1) is 0 Å². The molecule has 10 heteroatoms. The van der Waals surface area contributed by atoms with Gasteiger partial charge in [0, 0.05) is 29.2 Å². The predicted octanol–water partition coefficient (Wildman–Crippen LogP) is 7.31. The fraction of sp³-hybridized carbons (Fsp3) is 0.382. The lowest BCUT2D eigenvalue weighted by Crippen LogP contribution is -2.30. The summed E-state index contributed by atoms with van der Waals surface area (Å²) < 4.78 is 38.9. The number of hydrogen-bond acceptors (Lipinski definition) is 6. The highest BCUT2D eigenvalue weighted by Crippen LogP contribution is 2.45. The first-order valence-electron chi connectivity index (χ1n) is 15.2. The Morgan fingerprint density at radius 1 is 0.977 bits per heavy atom. The molecule has 8 nitrogen and oxygen atoms in total. The molecule has 226 valence electrons. The maximum absolute atomic E-state index is 16.4. The van der Waals surface area contributed by atoms with E-state index in [1.807, 2.05) is 30.5 Å². The number of rotatable bonds is 6. The maximum atomic E-state index is 16.4. The molecule has 3 aromatic heterocycles. The van der Waals surface area contributed by atoms with Crippen molar-refractivity contribution in [3.05, 3.63) is 71.8 Å². The van der Waals surface area contributed by atoms with Crippen molar-refractivity contribution in [2.45, 2.75) is 64.2 Å². The minimum Gasteiger partial charge on any atom is -0.469 e. The molecule has 2 fully saturated rings. The van der Waals surface area contributed by atoms with Gasteiger partial charge in [0.15, 0.2) is 5.65 Å². The zero-order valence-corrected chi connectivity index (χ0v) is 24.9. The lowest BCUT2D eigenvalue weighted by atomic mass is 9.81. The molecule has 0 aliphatic heterocycles. The number of imidazole rings is 1.